The molecule has 0 unspecified atom stereocenters. The van der Waals surface area contributed by atoms with Gasteiger partial charge in [0.15, 0.2) is 0 Å². The molecule has 0 aliphatic heterocycles. The highest BCUT2D eigenvalue weighted by molar-refractivity contribution is 6.30. The second-order valence-electron chi connectivity index (χ2n) is 3.90. The minimum absolute atomic E-state index is 0.00597. The lowest BCUT2D eigenvalue weighted by Gasteiger charge is -2.11. The summed E-state index contributed by atoms with van der Waals surface area (Å²) < 4.78 is 35.9. The van der Waals surface area contributed by atoms with Crippen LogP contribution in [0.25, 0.3) is 0 Å². The van der Waals surface area contributed by atoms with E-state index in [0.29, 0.717) is 28.8 Å². The van der Waals surface area contributed by atoms with E-state index in [-0.39, 0.29) is 13.0 Å². The third-order valence-corrected chi connectivity index (χ3v) is 2.75. The van der Waals surface area contributed by atoms with E-state index >= 15 is 0 Å². The van der Waals surface area contributed by atoms with Crippen molar-refractivity contribution in [1.29, 1.82) is 0 Å². The molecule has 1 rings (SSSR count). The molecule has 0 fully saturated rings. The van der Waals surface area contributed by atoms with E-state index in [4.69, 9.17) is 11.6 Å². The van der Waals surface area contributed by atoms with E-state index in [0.717, 1.165) is 0 Å². The summed E-state index contributed by atoms with van der Waals surface area (Å²) >= 11 is 5.91. The maximum atomic E-state index is 12.0. The van der Waals surface area contributed by atoms with E-state index in [1.165, 1.54) is 0 Å². The largest absolute Gasteiger partial charge is 0.389 e. The van der Waals surface area contributed by atoms with E-state index in [1.54, 1.807) is 6.92 Å². The molecule has 0 aliphatic carbocycles. The van der Waals surface area contributed by atoms with Gasteiger partial charge in [-0.2, -0.15) is 13.2 Å². The van der Waals surface area contributed by atoms with Gasteiger partial charge in [0.05, 0.1) is 0 Å². The zero-order valence-corrected chi connectivity index (χ0v) is 11.0. The number of aromatic nitrogens is 2. The summed E-state index contributed by atoms with van der Waals surface area (Å²) in [5.41, 5.74) is 0.654. The first-order chi connectivity index (χ1) is 8.33. The van der Waals surface area contributed by atoms with Gasteiger partial charge in [-0.15, -0.1) is 0 Å². The number of hydrogen-bond donors (Lipinski definition) is 1. The predicted octanol–water partition coefficient (Wildman–Crippen LogP) is 3.76. The molecule has 0 saturated heterocycles. The van der Waals surface area contributed by atoms with Crippen LogP contribution in [-0.4, -0.2) is 22.7 Å². The fourth-order valence-corrected chi connectivity index (χ4v) is 1.55. The molecule has 0 radical (unpaired) electrons. The van der Waals surface area contributed by atoms with Gasteiger partial charge in [-0.1, -0.05) is 18.5 Å². The average Bonchev–Trinajstić information content (AvgIpc) is 2.28. The van der Waals surface area contributed by atoms with Crippen molar-refractivity contribution in [3.8, 4) is 0 Å². The number of hydrogen-bond acceptors (Lipinski definition) is 3. The van der Waals surface area contributed by atoms with Gasteiger partial charge in [0, 0.05) is 24.9 Å². The smallest absolute Gasteiger partial charge is 0.370 e. The maximum Gasteiger partial charge on any atom is 0.389 e. The van der Waals surface area contributed by atoms with Gasteiger partial charge >= 0.3 is 6.18 Å². The summed E-state index contributed by atoms with van der Waals surface area (Å²) in [4.78, 5) is 8.25. The predicted molar refractivity (Wildman–Crippen MR) is 64.9 cm³/mol. The molecule has 0 atom stereocenters. The maximum absolute atomic E-state index is 12.0. The third-order valence-electron chi connectivity index (χ3n) is 2.38. The topological polar surface area (TPSA) is 37.8 Å². The zero-order valence-electron chi connectivity index (χ0n) is 10.2. The van der Waals surface area contributed by atoms with Gasteiger partial charge in [0.2, 0.25) is 0 Å². The lowest BCUT2D eigenvalue weighted by Crippen LogP contribution is -2.13. The van der Waals surface area contributed by atoms with Crippen molar-refractivity contribution in [2.24, 2.45) is 0 Å². The molecule has 0 amide bonds. The molecule has 18 heavy (non-hydrogen) atoms. The van der Waals surface area contributed by atoms with Crippen molar-refractivity contribution in [2.75, 3.05) is 11.9 Å². The van der Waals surface area contributed by atoms with Crippen LogP contribution in [0.3, 0.4) is 0 Å². The summed E-state index contributed by atoms with van der Waals surface area (Å²) in [5, 5.41) is 3.20. The van der Waals surface area contributed by atoms with Gasteiger partial charge in [0.1, 0.15) is 16.8 Å². The fourth-order valence-electron chi connectivity index (χ4n) is 1.36. The van der Waals surface area contributed by atoms with Crippen LogP contribution in [0.1, 0.15) is 31.2 Å². The highest BCUT2D eigenvalue weighted by atomic mass is 35.5. The van der Waals surface area contributed by atoms with E-state index < -0.39 is 12.6 Å². The molecule has 0 bridgehead atoms. The second kappa shape index (κ2) is 6.22. The van der Waals surface area contributed by atoms with Crippen molar-refractivity contribution >= 4 is 17.4 Å². The summed E-state index contributed by atoms with van der Waals surface area (Å²) in [6.07, 6.45) is -4.30. The number of nitrogens with zero attached hydrogens (tertiary/aromatic N) is 2. The summed E-state index contributed by atoms with van der Waals surface area (Å²) in [5.74, 6) is 1.08. The van der Waals surface area contributed by atoms with Crippen molar-refractivity contribution in [2.45, 2.75) is 39.3 Å². The van der Waals surface area contributed by atoms with Crippen LogP contribution in [0.4, 0.5) is 19.0 Å². The first kappa shape index (κ1) is 15.0. The highest BCUT2D eigenvalue weighted by Gasteiger charge is 2.25. The molecule has 1 aromatic rings. The molecule has 1 N–H and O–H groups in total. The standard InChI is InChI=1S/C11H15ClF3N3/c1-3-8-17-9(12)7(2)10(18-8)16-6-4-5-11(13,14)15/h3-6H2,1-2H3,(H,16,17,18). The molecule has 0 saturated carbocycles. The highest BCUT2D eigenvalue weighted by Crippen LogP contribution is 2.22. The first-order valence-electron chi connectivity index (χ1n) is 5.67. The van der Waals surface area contributed by atoms with Crippen LogP contribution in [-0.2, 0) is 6.42 Å². The van der Waals surface area contributed by atoms with Gasteiger partial charge in [-0.3, -0.25) is 0 Å². The van der Waals surface area contributed by atoms with Crippen molar-refractivity contribution < 1.29 is 13.2 Å². The summed E-state index contributed by atoms with van der Waals surface area (Å²) in [6.45, 7) is 3.82. The molecule has 3 nitrogen and oxygen atoms in total. The molecular weight excluding hydrogens is 267 g/mol. The van der Waals surface area contributed by atoms with E-state index in [1.807, 2.05) is 6.92 Å². The van der Waals surface area contributed by atoms with E-state index in [9.17, 15) is 13.2 Å². The fraction of sp³-hybridized carbons (Fsp3) is 0.636. The summed E-state index contributed by atoms with van der Waals surface area (Å²) in [7, 11) is 0. The Kier molecular flexibility index (Phi) is 5.19. The summed E-state index contributed by atoms with van der Waals surface area (Å²) in [6, 6.07) is 0. The number of aryl methyl sites for hydroxylation is 1. The third kappa shape index (κ3) is 4.68. The zero-order chi connectivity index (χ0) is 13.8. The monoisotopic (exact) mass is 281 g/mol. The Hall–Kier alpha value is -1.04. The Morgan fingerprint density at radius 2 is 1.94 bits per heavy atom. The minimum Gasteiger partial charge on any atom is -0.370 e. The lowest BCUT2D eigenvalue weighted by atomic mass is 10.3. The molecule has 102 valence electrons. The van der Waals surface area contributed by atoms with Gasteiger partial charge in [-0.25, -0.2) is 9.97 Å². The Bertz CT molecular complexity index is 407. The first-order valence-corrected chi connectivity index (χ1v) is 6.05. The lowest BCUT2D eigenvalue weighted by molar-refractivity contribution is -0.134. The Morgan fingerprint density at radius 1 is 1.28 bits per heavy atom. The number of anilines is 1. The second-order valence-corrected chi connectivity index (χ2v) is 4.26. The van der Waals surface area contributed by atoms with Gasteiger partial charge in [0.25, 0.3) is 0 Å². The average molecular weight is 282 g/mol. The van der Waals surface area contributed by atoms with Crippen LogP contribution in [0.5, 0.6) is 0 Å². The molecule has 1 heterocycles. The molecule has 0 aromatic carbocycles. The molecule has 1 aromatic heterocycles. The van der Waals surface area contributed by atoms with Crippen LogP contribution >= 0.6 is 11.6 Å². The SMILES string of the molecule is CCc1nc(Cl)c(C)c(NCCCC(F)(F)F)n1. The molecule has 0 spiro atoms. The number of rotatable bonds is 5. The Morgan fingerprint density at radius 3 is 2.50 bits per heavy atom. The minimum atomic E-state index is -4.12. The van der Waals surface area contributed by atoms with Crippen molar-refractivity contribution in [3.63, 3.8) is 0 Å². The van der Waals surface area contributed by atoms with Crippen LogP contribution < -0.4 is 5.32 Å². The van der Waals surface area contributed by atoms with Crippen LogP contribution in [0.2, 0.25) is 5.15 Å². The van der Waals surface area contributed by atoms with Gasteiger partial charge in [-0.05, 0) is 13.3 Å². The molecule has 7 heteroatoms. The number of halogens is 4. The number of alkyl halides is 3. The molecule has 0 aliphatic rings. The van der Waals surface area contributed by atoms with Gasteiger partial charge < -0.3 is 5.32 Å². The van der Waals surface area contributed by atoms with Crippen LogP contribution in [0.15, 0.2) is 0 Å². The normalized spacial score (nSPS) is 11.7. The van der Waals surface area contributed by atoms with Crippen molar-refractivity contribution in [1.82, 2.24) is 9.97 Å². The van der Waals surface area contributed by atoms with Crippen LogP contribution in [0, 0.1) is 6.92 Å². The molecular formula is C11H15ClF3N3. The van der Waals surface area contributed by atoms with E-state index in [2.05, 4.69) is 15.3 Å². The Balaban J connectivity index is 2.59. The quantitative estimate of drug-likeness (QED) is 0.660. The number of nitrogens with one attached hydrogen (secondary N) is 1. The van der Waals surface area contributed by atoms with Crippen molar-refractivity contribution in [3.05, 3.63) is 16.5 Å². The Labute approximate surface area is 109 Å².